The smallest absolute Gasteiger partial charge is 0.339 e. The maximum absolute atomic E-state index is 12.3. The molecular formula is C18H24N2O5. The van der Waals surface area contributed by atoms with E-state index in [1.807, 2.05) is 0 Å². The lowest BCUT2D eigenvalue weighted by Crippen LogP contribution is -2.47. The topological polar surface area (TPSA) is 98.5 Å². The molecule has 4 atom stereocenters. The van der Waals surface area contributed by atoms with Crippen molar-refractivity contribution in [3.05, 3.63) is 39.9 Å². The Balaban J connectivity index is 1.95. The average Bonchev–Trinajstić information content (AvgIpc) is 2.58. The summed E-state index contributed by atoms with van der Waals surface area (Å²) in [7, 11) is 0. The summed E-state index contributed by atoms with van der Waals surface area (Å²) in [4.78, 5) is 34.6. The largest absolute Gasteiger partial charge is 0.449 e. The van der Waals surface area contributed by atoms with Gasteiger partial charge in [0.25, 0.3) is 11.6 Å². The maximum Gasteiger partial charge on any atom is 0.339 e. The van der Waals surface area contributed by atoms with E-state index in [2.05, 4.69) is 19.2 Å². The fourth-order valence-electron chi connectivity index (χ4n) is 3.11. The van der Waals surface area contributed by atoms with E-state index in [4.69, 9.17) is 4.74 Å². The minimum atomic E-state index is -0.962. The Morgan fingerprint density at radius 2 is 2.04 bits per heavy atom. The molecule has 0 spiro atoms. The van der Waals surface area contributed by atoms with Gasteiger partial charge in [0, 0.05) is 18.2 Å². The van der Waals surface area contributed by atoms with Crippen LogP contribution in [0, 0.1) is 22.0 Å². The van der Waals surface area contributed by atoms with Gasteiger partial charge >= 0.3 is 5.97 Å². The molecule has 25 heavy (non-hydrogen) atoms. The number of rotatable bonds is 5. The summed E-state index contributed by atoms with van der Waals surface area (Å²) in [5, 5.41) is 13.7. The molecule has 0 heterocycles. The molecule has 1 aromatic rings. The van der Waals surface area contributed by atoms with Crippen molar-refractivity contribution in [1.29, 1.82) is 0 Å². The van der Waals surface area contributed by atoms with Crippen LogP contribution in [-0.4, -0.2) is 28.9 Å². The van der Waals surface area contributed by atoms with Crippen LogP contribution in [-0.2, 0) is 9.53 Å². The van der Waals surface area contributed by atoms with E-state index >= 15 is 0 Å². The summed E-state index contributed by atoms with van der Waals surface area (Å²) in [5.41, 5.74) is -0.148. The van der Waals surface area contributed by atoms with Crippen molar-refractivity contribution in [2.75, 3.05) is 0 Å². The highest BCUT2D eigenvalue weighted by Gasteiger charge is 2.30. The number of non-ortho nitro benzene ring substituents is 1. The molecular weight excluding hydrogens is 324 g/mol. The minimum absolute atomic E-state index is 0.0495. The number of amides is 1. The lowest BCUT2D eigenvalue weighted by molar-refractivity contribution is -0.384. The van der Waals surface area contributed by atoms with Gasteiger partial charge in [-0.1, -0.05) is 32.8 Å². The number of benzene rings is 1. The SMILES string of the molecule is C[C@H]1[C@@H](NC(=O)[C@@H](C)OC(=O)c2cccc([N+](=O)[O-])c2)CCC[C@@H]1C. The van der Waals surface area contributed by atoms with Crippen LogP contribution in [0.25, 0.3) is 0 Å². The highest BCUT2D eigenvalue weighted by atomic mass is 16.6. The quantitative estimate of drug-likeness (QED) is 0.501. The van der Waals surface area contributed by atoms with Crippen LogP contribution in [0.1, 0.15) is 50.4 Å². The van der Waals surface area contributed by atoms with Crippen LogP contribution in [0.4, 0.5) is 5.69 Å². The number of nitro groups is 1. The number of carbonyl (C=O) groups is 2. The summed E-state index contributed by atoms with van der Waals surface area (Å²) in [6.45, 7) is 5.80. The van der Waals surface area contributed by atoms with E-state index in [9.17, 15) is 19.7 Å². The Hall–Kier alpha value is -2.44. The Kier molecular flexibility index (Phi) is 6.12. The van der Waals surface area contributed by atoms with E-state index in [1.54, 1.807) is 0 Å². The molecule has 1 amide bonds. The molecule has 7 nitrogen and oxygen atoms in total. The van der Waals surface area contributed by atoms with E-state index in [1.165, 1.54) is 25.1 Å². The Morgan fingerprint density at radius 1 is 1.32 bits per heavy atom. The Labute approximate surface area is 146 Å². The highest BCUT2D eigenvalue weighted by Crippen LogP contribution is 2.29. The van der Waals surface area contributed by atoms with Gasteiger partial charge in [0.1, 0.15) is 0 Å². The zero-order chi connectivity index (χ0) is 18.6. The summed E-state index contributed by atoms with van der Waals surface area (Å²) in [6, 6.07) is 5.33. The normalized spacial score (nSPS) is 24.2. The third-order valence-corrected chi connectivity index (χ3v) is 4.98. The van der Waals surface area contributed by atoms with E-state index in [0.29, 0.717) is 11.8 Å². The monoisotopic (exact) mass is 348 g/mol. The molecule has 0 bridgehead atoms. The summed E-state index contributed by atoms with van der Waals surface area (Å²) in [5.74, 6) is -0.180. The second-order valence-electron chi connectivity index (χ2n) is 6.74. The number of nitrogens with zero attached hydrogens (tertiary/aromatic N) is 1. The summed E-state index contributed by atoms with van der Waals surface area (Å²) >= 11 is 0. The zero-order valence-corrected chi connectivity index (χ0v) is 14.7. The number of esters is 1. The number of hydrogen-bond donors (Lipinski definition) is 1. The first-order valence-corrected chi connectivity index (χ1v) is 8.55. The molecule has 1 saturated carbocycles. The Morgan fingerprint density at radius 3 is 2.72 bits per heavy atom. The third kappa shape index (κ3) is 4.78. The minimum Gasteiger partial charge on any atom is -0.449 e. The molecule has 1 aliphatic rings. The van der Waals surface area contributed by atoms with Crippen molar-refractivity contribution in [2.45, 2.75) is 52.2 Å². The summed E-state index contributed by atoms with van der Waals surface area (Å²) < 4.78 is 5.16. The molecule has 1 aromatic carbocycles. The second kappa shape index (κ2) is 8.09. The van der Waals surface area contributed by atoms with Gasteiger partial charge in [-0.05, 0) is 31.2 Å². The fourth-order valence-corrected chi connectivity index (χ4v) is 3.11. The van der Waals surface area contributed by atoms with Crippen molar-refractivity contribution in [3.63, 3.8) is 0 Å². The van der Waals surface area contributed by atoms with Crippen molar-refractivity contribution in [1.82, 2.24) is 5.32 Å². The summed E-state index contributed by atoms with van der Waals surface area (Å²) in [6.07, 6.45) is 2.18. The first-order chi connectivity index (χ1) is 11.8. The molecule has 7 heteroatoms. The second-order valence-corrected chi connectivity index (χ2v) is 6.74. The first kappa shape index (κ1) is 18.9. The maximum atomic E-state index is 12.3. The fraction of sp³-hybridized carbons (Fsp3) is 0.556. The predicted octanol–water partition coefficient (Wildman–Crippen LogP) is 3.08. The van der Waals surface area contributed by atoms with E-state index < -0.39 is 17.0 Å². The van der Waals surface area contributed by atoms with Gasteiger partial charge in [-0.2, -0.15) is 0 Å². The first-order valence-electron chi connectivity index (χ1n) is 8.55. The Bertz CT molecular complexity index is 661. The molecule has 0 radical (unpaired) electrons. The van der Waals surface area contributed by atoms with Gasteiger partial charge in [-0.25, -0.2) is 4.79 Å². The van der Waals surface area contributed by atoms with Crippen molar-refractivity contribution in [2.24, 2.45) is 11.8 Å². The molecule has 0 unspecified atom stereocenters. The third-order valence-electron chi connectivity index (χ3n) is 4.98. The van der Waals surface area contributed by atoms with Gasteiger partial charge in [0.2, 0.25) is 0 Å². The van der Waals surface area contributed by atoms with Gasteiger partial charge in [0.05, 0.1) is 10.5 Å². The number of carbonyl (C=O) groups excluding carboxylic acids is 2. The highest BCUT2D eigenvalue weighted by molar-refractivity contribution is 5.92. The van der Waals surface area contributed by atoms with E-state index in [-0.39, 0.29) is 23.2 Å². The standard InChI is InChI=1S/C18H24N2O5/c1-11-6-4-9-16(12(11)2)19-17(21)13(3)25-18(22)14-7-5-8-15(10-14)20(23)24/h5,7-8,10-13,16H,4,6,9H2,1-3H3,(H,19,21)/t11-,12+,13+,16-/m0/s1. The van der Waals surface area contributed by atoms with Gasteiger partial charge in [0.15, 0.2) is 6.10 Å². The van der Waals surface area contributed by atoms with Crippen LogP contribution in [0.3, 0.4) is 0 Å². The van der Waals surface area contributed by atoms with Crippen LogP contribution in [0.15, 0.2) is 24.3 Å². The zero-order valence-electron chi connectivity index (χ0n) is 14.7. The van der Waals surface area contributed by atoms with Gasteiger partial charge < -0.3 is 10.1 Å². The van der Waals surface area contributed by atoms with Crippen molar-refractivity contribution < 1.29 is 19.2 Å². The van der Waals surface area contributed by atoms with Gasteiger partial charge in [-0.15, -0.1) is 0 Å². The van der Waals surface area contributed by atoms with Crippen LogP contribution in [0.2, 0.25) is 0 Å². The van der Waals surface area contributed by atoms with Crippen LogP contribution < -0.4 is 5.32 Å². The number of hydrogen-bond acceptors (Lipinski definition) is 5. The number of ether oxygens (including phenoxy) is 1. The van der Waals surface area contributed by atoms with Crippen molar-refractivity contribution >= 4 is 17.6 Å². The van der Waals surface area contributed by atoms with Gasteiger partial charge in [-0.3, -0.25) is 14.9 Å². The average molecular weight is 348 g/mol. The lowest BCUT2D eigenvalue weighted by atomic mass is 9.78. The molecule has 1 N–H and O–H groups in total. The molecule has 0 aliphatic heterocycles. The number of nitro benzene ring substituents is 1. The molecule has 1 aliphatic carbocycles. The van der Waals surface area contributed by atoms with Crippen LogP contribution in [0.5, 0.6) is 0 Å². The molecule has 1 fully saturated rings. The predicted molar refractivity (Wildman–Crippen MR) is 92.1 cm³/mol. The van der Waals surface area contributed by atoms with Crippen LogP contribution >= 0.6 is 0 Å². The number of nitrogens with one attached hydrogen (secondary N) is 1. The molecule has 2 rings (SSSR count). The van der Waals surface area contributed by atoms with Crippen molar-refractivity contribution in [3.8, 4) is 0 Å². The molecule has 136 valence electrons. The molecule has 0 aromatic heterocycles. The molecule has 0 saturated heterocycles. The lowest BCUT2D eigenvalue weighted by Gasteiger charge is -2.35. The van der Waals surface area contributed by atoms with E-state index in [0.717, 1.165) is 25.3 Å².